The molecule has 2 nitrogen and oxygen atoms in total. The molecule has 19 heavy (non-hydrogen) atoms. The van der Waals surface area contributed by atoms with E-state index >= 15 is 0 Å². The van der Waals surface area contributed by atoms with Gasteiger partial charge in [-0.3, -0.25) is 0 Å². The van der Waals surface area contributed by atoms with Crippen molar-refractivity contribution in [3.05, 3.63) is 35.4 Å². The summed E-state index contributed by atoms with van der Waals surface area (Å²) >= 11 is 0. The summed E-state index contributed by atoms with van der Waals surface area (Å²) in [6.07, 6.45) is 8.09. The average molecular weight is 257 g/mol. The molecule has 1 aromatic rings. The van der Waals surface area contributed by atoms with E-state index in [2.05, 4.69) is 29.6 Å². The molecule has 2 fully saturated rings. The second kappa shape index (κ2) is 4.60. The predicted molar refractivity (Wildman–Crippen MR) is 76.1 cm³/mol. The van der Waals surface area contributed by atoms with Gasteiger partial charge in [-0.1, -0.05) is 24.3 Å². The van der Waals surface area contributed by atoms with Gasteiger partial charge in [-0.15, -0.1) is 0 Å². The van der Waals surface area contributed by atoms with E-state index in [9.17, 15) is 0 Å². The number of hydrogen-bond acceptors (Lipinski definition) is 2. The summed E-state index contributed by atoms with van der Waals surface area (Å²) in [6, 6.07) is 8.86. The fourth-order valence-corrected chi connectivity index (χ4v) is 4.13. The Balaban J connectivity index is 1.60. The molecule has 1 aliphatic carbocycles. The van der Waals surface area contributed by atoms with Gasteiger partial charge in [-0.05, 0) is 62.1 Å². The lowest BCUT2D eigenvalue weighted by Crippen LogP contribution is -2.44. The Morgan fingerprint density at radius 1 is 1.26 bits per heavy atom. The zero-order valence-electron chi connectivity index (χ0n) is 11.5. The number of rotatable bonds is 3. The van der Waals surface area contributed by atoms with Crippen molar-refractivity contribution in [1.29, 1.82) is 0 Å². The maximum Gasteiger partial charge on any atom is 0.0845 e. The van der Waals surface area contributed by atoms with Crippen LogP contribution in [0.25, 0.3) is 0 Å². The Hall–Kier alpha value is -0.860. The van der Waals surface area contributed by atoms with Crippen LogP contribution < -0.4 is 5.32 Å². The van der Waals surface area contributed by atoms with Gasteiger partial charge in [0.05, 0.1) is 12.7 Å². The first-order valence-electron chi connectivity index (χ1n) is 7.82. The molecule has 2 heteroatoms. The molecule has 0 spiro atoms. The highest BCUT2D eigenvalue weighted by Gasteiger charge is 2.48. The zero-order valence-corrected chi connectivity index (χ0v) is 11.5. The van der Waals surface area contributed by atoms with Crippen molar-refractivity contribution < 1.29 is 4.74 Å². The molecule has 0 amide bonds. The molecule has 0 aromatic heterocycles. The first-order chi connectivity index (χ1) is 9.37. The molecule has 2 heterocycles. The number of hydrogen-bond donors (Lipinski definition) is 1. The summed E-state index contributed by atoms with van der Waals surface area (Å²) in [5, 5.41) is 3.83. The molecule has 2 unspecified atom stereocenters. The van der Waals surface area contributed by atoms with Gasteiger partial charge < -0.3 is 10.1 Å². The third-order valence-electron chi connectivity index (χ3n) is 5.28. The van der Waals surface area contributed by atoms with Crippen LogP contribution in [0.3, 0.4) is 0 Å². The van der Waals surface area contributed by atoms with Gasteiger partial charge in [0.25, 0.3) is 0 Å². The minimum Gasteiger partial charge on any atom is -0.373 e. The van der Waals surface area contributed by atoms with Gasteiger partial charge in [0.2, 0.25) is 0 Å². The lowest BCUT2D eigenvalue weighted by molar-refractivity contribution is 0.0143. The number of nitrogens with one attached hydrogen (secondary N) is 1. The molecule has 1 aromatic carbocycles. The third kappa shape index (κ3) is 2.11. The fraction of sp³-hybridized carbons (Fsp3) is 0.647. The molecule has 2 atom stereocenters. The maximum atomic E-state index is 6.13. The normalized spacial score (nSPS) is 34.2. The van der Waals surface area contributed by atoms with Crippen molar-refractivity contribution in [2.24, 2.45) is 5.92 Å². The van der Waals surface area contributed by atoms with E-state index in [4.69, 9.17) is 4.74 Å². The Bertz CT molecular complexity index is 460. The number of ether oxygens (including phenoxy) is 1. The standard InChI is InChI=1S/C17H23NO/c1-2-5-15-13(4-1)8-11-19-16(15)12-17(14-6-7-14)9-3-10-18-17/h1-2,4-5,14,16,18H,3,6-12H2. The fourth-order valence-electron chi connectivity index (χ4n) is 4.13. The van der Waals surface area contributed by atoms with E-state index < -0.39 is 0 Å². The second-order valence-electron chi connectivity index (χ2n) is 6.47. The molecule has 0 bridgehead atoms. The monoisotopic (exact) mass is 257 g/mol. The summed E-state index contributed by atoms with van der Waals surface area (Å²) in [4.78, 5) is 0. The minimum atomic E-state index is 0.316. The molecule has 1 saturated carbocycles. The van der Waals surface area contributed by atoms with E-state index in [1.807, 2.05) is 0 Å². The van der Waals surface area contributed by atoms with Crippen molar-refractivity contribution in [3.8, 4) is 0 Å². The van der Waals surface area contributed by atoms with Crippen molar-refractivity contribution in [1.82, 2.24) is 5.32 Å². The third-order valence-corrected chi connectivity index (χ3v) is 5.28. The zero-order chi connectivity index (χ0) is 12.7. The lowest BCUT2D eigenvalue weighted by Gasteiger charge is -2.36. The van der Waals surface area contributed by atoms with Crippen LogP contribution in [-0.2, 0) is 11.2 Å². The Labute approximate surface area is 115 Å². The molecule has 4 rings (SSSR count). The molecule has 0 radical (unpaired) electrons. The molecule has 1 N–H and O–H groups in total. The first kappa shape index (κ1) is 11.9. The highest BCUT2D eigenvalue weighted by molar-refractivity contribution is 5.31. The minimum absolute atomic E-state index is 0.316. The Morgan fingerprint density at radius 3 is 2.95 bits per heavy atom. The molecule has 3 aliphatic rings. The van der Waals surface area contributed by atoms with Crippen LogP contribution in [0.4, 0.5) is 0 Å². The van der Waals surface area contributed by atoms with Crippen LogP contribution in [0, 0.1) is 5.92 Å². The summed E-state index contributed by atoms with van der Waals surface area (Å²) in [5.74, 6) is 0.910. The van der Waals surface area contributed by atoms with Gasteiger partial charge in [0.1, 0.15) is 0 Å². The van der Waals surface area contributed by atoms with E-state index in [1.54, 1.807) is 0 Å². The van der Waals surface area contributed by atoms with Gasteiger partial charge in [-0.2, -0.15) is 0 Å². The van der Waals surface area contributed by atoms with Gasteiger partial charge in [-0.25, -0.2) is 0 Å². The molecule has 2 aliphatic heterocycles. The highest BCUT2D eigenvalue weighted by atomic mass is 16.5. The van der Waals surface area contributed by atoms with Crippen LogP contribution in [-0.4, -0.2) is 18.7 Å². The van der Waals surface area contributed by atoms with Crippen molar-refractivity contribution >= 4 is 0 Å². The van der Waals surface area contributed by atoms with Crippen LogP contribution in [0.15, 0.2) is 24.3 Å². The maximum absolute atomic E-state index is 6.13. The average Bonchev–Trinajstić information content (AvgIpc) is 3.21. The van der Waals surface area contributed by atoms with Crippen molar-refractivity contribution in [2.75, 3.05) is 13.2 Å². The number of benzene rings is 1. The Morgan fingerprint density at radius 2 is 2.16 bits per heavy atom. The summed E-state index contributed by atoms with van der Waals surface area (Å²) < 4.78 is 6.13. The largest absolute Gasteiger partial charge is 0.373 e. The van der Waals surface area contributed by atoms with Crippen LogP contribution in [0.2, 0.25) is 0 Å². The van der Waals surface area contributed by atoms with Crippen LogP contribution in [0.5, 0.6) is 0 Å². The summed E-state index contributed by atoms with van der Waals surface area (Å²) in [7, 11) is 0. The van der Waals surface area contributed by atoms with E-state index in [0.717, 1.165) is 18.9 Å². The first-order valence-corrected chi connectivity index (χ1v) is 7.82. The molecular formula is C17H23NO. The van der Waals surface area contributed by atoms with E-state index in [-0.39, 0.29) is 0 Å². The Kier molecular flexibility index (Phi) is 2.89. The molecule has 102 valence electrons. The topological polar surface area (TPSA) is 21.3 Å². The van der Waals surface area contributed by atoms with E-state index in [1.165, 1.54) is 49.8 Å². The summed E-state index contributed by atoms with van der Waals surface area (Å²) in [5.41, 5.74) is 3.33. The van der Waals surface area contributed by atoms with E-state index in [0.29, 0.717) is 11.6 Å². The SMILES string of the molecule is c1ccc2c(c1)CCOC2CC1(C2CC2)CCCN1. The second-order valence-corrected chi connectivity index (χ2v) is 6.47. The van der Waals surface area contributed by atoms with Gasteiger partial charge in [0, 0.05) is 5.54 Å². The van der Waals surface area contributed by atoms with Crippen LogP contribution in [0.1, 0.15) is 49.3 Å². The summed E-state index contributed by atoms with van der Waals surface area (Å²) in [6.45, 7) is 2.09. The van der Waals surface area contributed by atoms with Crippen molar-refractivity contribution in [2.45, 2.75) is 50.2 Å². The smallest absolute Gasteiger partial charge is 0.0845 e. The number of fused-ring (bicyclic) bond motifs is 1. The molecular weight excluding hydrogens is 234 g/mol. The molecule has 1 saturated heterocycles. The van der Waals surface area contributed by atoms with Gasteiger partial charge in [0.15, 0.2) is 0 Å². The highest BCUT2D eigenvalue weighted by Crippen LogP contribution is 2.49. The quantitative estimate of drug-likeness (QED) is 0.897. The lowest BCUT2D eigenvalue weighted by atomic mass is 9.82. The van der Waals surface area contributed by atoms with Crippen molar-refractivity contribution in [3.63, 3.8) is 0 Å². The van der Waals surface area contributed by atoms with Gasteiger partial charge >= 0.3 is 0 Å². The predicted octanol–water partition coefficient (Wildman–Crippen LogP) is 3.22. The van der Waals surface area contributed by atoms with Crippen LogP contribution >= 0.6 is 0 Å².